The van der Waals surface area contributed by atoms with Gasteiger partial charge in [0.15, 0.2) is 0 Å². The fourth-order valence-corrected chi connectivity index (χ4v) is 5.69. The third-order valence-electron chi connectivity index (χ3n) is 7.46. The summed E-state index contributed by atoms with van der Waals surface area (Å²) in [5, 5.41) is 0. The van der Waals surface area contributed by atoms with Gasteiger partial charge in [0.1, 0.15) is 0 Å². The maximum absolute atomic E-state index is 11.7. The highest BCUT2D eigenvalue weighted by atomic mass is 16.6. The van der Waals surface area contributed by atoms with Gasteiger partial charge in [-0.05, 0) is 82.5 Å². The van der Waals surface area contributed by atoms with Gasteiger partial charge in [-0.1, -0.05) is 75.1 Å². The first kappa shape index (κ1) is 28.0. The van der Waals surface area contributed by atoms with Crippen molar-refractivity contribution in [3.8, 4) is 0 Å². The summed E-state index contributed by atoms with van der Waals surface area (Å²) in [5.41, 5.74) is 1.44. The summed E-state index contributed by atoms with van der Waals surface area (Å²) in [5.74, 6) is 1.05. The van der Waals surface area contributed by atoms with Gasteiger partial charge in [-0.3, -0.25) is 4.79 Å². The van der Waals surface area contributed by atoms with E-state index in [1.165, 1.54) is 44.1 Å². The van der Waals surface area contributed by atoms with Gasteiger partial charge in [-0.2, -0.15) is 0 Å². The van der Waals surface area contributed by atoms with Crippen LogP contribution in [0.4, 0.5) is 0 Å². The first-order valence-corrected chi connectivity index (χ1v) is 14.3. The molecule has 0 aromatic heterocycles. The Morgan fingerprint density at radius 2 is 1.80 bits per heavy atom. The number of benzene rings is 1. The molecule has 3 rings (SSSR count). The maximum atomic E-state index is 11.7. The second-order valence-corrected chi connectivity index (χ2v) is 10.7. The molecule has 194 valence electrons. The molecule has 0 spiro atoms. The average Bonchev–Trinajstić information content (AvgIpc) is 3.08. The van der Waals surface area contributed by atoms with Crippen molar-refractivity contribution in [1.29, 1.82) is 0 Å². The maximum Gasteiger partial charge on any atom is 0.457 e. The zero-order valence-corrected chi connectivity index (χ0v) is 22.3. The number of fused-ring (bicyclic) bond motifs is 2. The van der Waals surface area contributed by atoms with Crippen LogP contribution in [0.1, 0.15) is 97.0 Å². The van der Waals surface area contributed by atoms with Crippen LogP contribution in [0.5, 0.6) is 0 Å². The lowest BCUT2D eigenvalue weighted by atomic mass is 9.80. The number of hydrogen-bond donors (Lipinski definition) is 0. The predicted molar refractivity (Wildman–Crippen MR) is 144 cm³/mol. The highest BCUT2D eigenvalue weighted by molar-refractivity contribution is 6.44. The number of esters is 1. The van der Waals surface area contributed by atoms with Crippen molar-refractivity contribution in [3.63, 3.8) is 0 Å². The molecule has 2 bridgehead atoms. The molecular formula is C30H47BO4. The number of carbonyl (C=O) groups excluding carboxylic acids is 1. The van der Waals surface area contributed by atoms with Gasteiger partial charge in [0.2, 0.25) is 0 Å². The zero-order valence-electron chi connectivity index (χ0n) is 22.3. The Labute approximate surface area is 214 Å². The minimum absolute atomic E-state index is 0.0137. The number of hydrogen-bond acceptors (Lipinski definition) is 4. The molecule has 2 fully saturated rings. The fourth-order valence-electron chi connectivity index (χ4n) is 5.69. The summed E-state index contributed by atoms with van der Waals surface area (Å²) < 4.78 is 18.1. The van der Waals surface area contributed by atoms with Crippen molar-refractivity contribution < 1.29 is 18.8 Å². The van der Waals surface area contributed by atoms with E-state index in [-0.39, 0.29) is 19.2 Å². The SMILES string of the molecule is CCCCB1O[C@H]2C[C@@H](O1)[C@H](CCCCCc1ccccc1)[C@H]2C/C=C\CCCC(=O)OC(C)C. The highest BCUT2D eigenvalue weighted by Gasteiger charge is 2.49. The summed E-state index contributed by atoms with van der Waals surface area (Å²) >= 11 is 0. The molecule has 5 heteroatoms. The van der Waals surface area contributed by atoms with Gasteiger partial charge in [0.25, 0.3) is 0 Å². The molecule has 1 aromatic carbocycles. The average molecular weight is 483 g/mol. The van der Waals surface area contributed by atoms with Crippen molar-refractivity contribution in [2.24, 2.45) is 11.8 Å². The van der Waals surface area contributed by atoms with Crippen molar-refractivity contribution in [3.05, 3.63) is 48.0 Å². The van der Waals surface area contributed by atoms with Crippen LogP contribution in [-0.2, 0) is 25.3 Å². The monoisotopic (exact) mass is 482 g/mol. The van der Waals surface area contributed by atoms with E-state index in [4.69, 9.17) is 14.0 Å². The van der Waals surface area contributed by atoms with E-state index in [9.17, 15) is 4.79 Å². The summed E-state index contributed by atoms with van der Waals surface area (Å²) in [7, 11) is -0.0137. The van der Waals surface area contributed by atoms with Crippen molar-refractivity contribution in [2.45, 2.75) is 122 Å². The van der Waals surface area contributed by atoms with Crippen LogP contribution in [0, 0.1) is 11.8 Å². The first-order chi connectivity index (χ1) is 17.1. The Hall–Kier alpha value is -1.59. The van der Waals surface area contributed by atoms with Crippen LogP contribution < -0.4 is 0 Å². The molecular weight excluding hydrogens is 435 g/mol. The van der Waals surface area contributed by atoms with E-state index >= 15 is 0 Å². The van der Waals surface area contributed by atoms with Gasteiger partial charge in [0, 0.05) is 18.6 Å². The van der Waals surface area contributed by atoms with Crippen molar-refractivity contribution in [2.75, 3.05) is 0 Å². The Bertz CT molecular complexity index is 750. The van der Waals surface area contributed by atoms with E-state index in [2.05, 4.69) is 49.4 Å². The quantitative estimate of drug-likeness (QED) is 0.106. The van der Waals surface area contributed by atoms with Gasteiger partial charge in [-0.25, -0.2) is 0 Å². The Balaban J connectivity index is 1.45. The first-order valence-electron chi connectivity index (χ1n) is 14.3. The summed E-state index contributed by atoms with van der Waals surface area (Å²) in [6, 6.07) is 10.8. The second kappa shape index (κ2) is 15.5. The number of carbonyl (C=O) groups is 1. The molecule has 4 atom stereocenters. The van der Waals surface area contributed by atoms with Gasteiger partial charge < -0.3 is 14.0 Å². The minimum Gasteiger partial charge on any atom is -0.463 e. The largest absolute Gasteiger partial charge is 0.463 e. The van der Waals surface area contributed by atoms with E-state index in [1.54, 1.807) is 0 Å². The summed E-state index contributed by atoms with van der Waals surface area (Å²) in [4.78, 5) is 11.7. The molecule has 1 saturated carbocycles. The smallest absolute Gasteiger partial charge is 0.457 e. The molecule has 1 aliphatic carbocycles. The number of allylic oxidation sites excluding steroid dienone is 2. The third-order valence-corrected chi connectivity index (χ3v) is 7.46. The number of aryl methyl sites for hydroxylation is 1. The molecule has 35 heavy (non-hydrogen) atoms. The van der Waals surface area contributed by atoms with Crippen molar-refractivity contribution in [1.82, 2.24) is 0 Å². The molecule has 1 saturated heterocycles. The summed E-state index contributed by atoms with van der Waals surface area (Å²) in [6.07, 6.45) is 19.2. The molecule has 0 radical (unpaired) electrons. The topological polar surface area (TPSA) is 44.8 Å². The van der Waals surface area contributed by atoms with E-state index < -0.39 is 0 Å². The molecule has 4 nitrogen and oxygen atoms in total. The number of unbranched alkanes of at least 4 members (excludes halogenated alkanes) is 4. The molecule has 0 N–H and O–H groups in total. The molecule has 0 amide bonds. The Kier molecular flexibility index (Phi) is 12.4. The van der Waals surface area contributed by atoms with Gasteiger partial charge >= 0.3 is 13.1 Å². The highest BCUT2D eigenvalue weighted by Crippen LogP contribution is 2.45. The van der Waals surface area contributed by atoms with Crippen LogP contribution in [0.3, 0.4) is 0 Å². The van der Waals surface area contributed by atoms with E-state index in [0.717, 1.165) is 38.4 Å². The zero-order chi connectivity index (χ0) is 24.9. The summed E-state index contributed by atoms with van der Waals surface area (Å²) in [6.45, 7) is 6.02. The number of rotatable bonds is 16. The van der Waals surface area contributed by atoms with E-state index in [0.29, 0.717) is 30.5 Å². The minimum atomic E-state index is -0.0889. The van der Waals surface area contributed by atoms with Crippen molar-refractivity contribution >= 4 is 13.1 Å². The fraction of sp³-hybridized carbons (Fsp3) is 0.700. The normalized spacial score (nSPS) is 23.9. The molecule has 1 heterocycles. The standard InChI is InChI=1S/C30H47BO4/c1-4-5-22-31-34-28-23-29(35-31)27(20-14-9-12-18-25-16-10-8-11-17-25)26(28)19-13-6-7-15-21-30(32)33-24(2)3/h6,8,10-11,13,16-17,24,26-29H,4-5,7,9,12,14-15,18-23H2,1-3H3/b13-6-/t26-,27-,28+,29-/m1/s1. The lowest BCUT2D eigenvalue weighted by Gasteiger charge is -2.28. The van der Waals surface area contributed by atoms with Crippen LogP contribution in [-0.4, -0.2) is 31.4 Å². The molecule has 0 unspecified atom stereocenters. The molecule has 2 aliphatic rings. The second-order valence-electron chi connectivity index (χ2n) is 10.7. The van der Waals surface area contributed by atoms with Crippen LogP contribution in [0.15, 0.2) is 42.5 Å². The lowest BCUT2D eigenvalue weighted by Crippen LogP contribution is -2.37. The molecule has 1 aromatic rings. The van der Waals surface area contributed by atoms with Crippen LogP contribution in [0.25, 0.3) is 0 Å². The number of ether oxygens (including phenoxy) is 1. The predicted octanol–water partition coefficient (Wildman–Crippen LogP) is 7.57. The third kappa shape index (κ3) is 9.76. The lowest BCUT2D eigenvalue weighted by molar-refractivity contribution is -0.147. The van der Waals surface area contributed by atoms with Gasteiger partial charge in [0.05, 0.1) is 6.10 Å². The van der Waals surface area contributed by atoms with E-state index in [1.807, 2.05) is 13.8 Å². The van der Waals surface area contributed by atoms with Crippen LogP contribution >= 0.6 is 0 Å². The van der Waals surface area contributed by atoms with Crippen LogP contribution in [0.2, 0.25) is 6.32 Å². The Morgan fingerprint density at radius 3 is 2.54 bits per heavy atom. The van der Waals surface area contributed by atoms with Gasteiger partial charge in [-0.15, -0.1) is 0 Å². The Morgan fingerprint density at radius 1 is 1.03 bits per heavy atom. The molecule has 1 aliphatic heterocycles.